The van der Waals surface area contributed by atoms with Crippen molar-refractivity contribution in [2.24, 2.45) is 7.05 Å². The van der Waals surface area contributed by atoms with E-state index in [4.69, 9.17) is 5.41 Å². The van der Waals surface area contributed by atoms with Crippen molar-refractivity contribution in [3.8, 4) is 28.7 Å². The first kappa shape index (κ1) is 30.6. The highest BCUT2D eigenvalue weighted by Gasteiger charge is 2.34. The molecule has 5 aromatic rings. The summed E-state index contributed by atoms with van der Waals surface area (Å²) in [6.07, 6.45) is -9.01. The number of hydrogen-bond acceptors (Lipinski definition) is 6. The van der Waals surface area contributed by atoms with Crippen molar-refractivity contribution >= 4 is 11.2 Å². The summed E-state index contributed by atoms with van der Waals surface area (Å²) < 4.78 is 115. The smallest absolute Gasteiger partial charge is 0.416 e. The Morgan fingerprint density at radius 2 is 1.64 bits per heavy atom. The van der Waals surface area contributed by atoms with E-state index in [1.807, 2.05) is 0 Å². The minimum Gasteiger partial charge on any atom is -0.416 e. The first-order valence-corrected chi connectivity index (χ1v) is 12.7. The van der Waals surface area contributed by atoms with Crippen LogP contribution in [-0.4, -0.2) is 46.7 Å². The predicted molar refractivity (Wildman–Crippen MR) is 140 cm³/mol. The molecular weight excluding hydrogens is 604 g/mol. The van der Waals surface area contributed by atoms with Gasteiger partial charge >= 0.3 is 12.8 Å². The Morgan fingerprint density at radius 3 is 2.23 bits per heavy atom. The van der Waals surface area contributed by atoms with Crippen LogP contribution in [0.1, 0.15) is 28.8 Å². The summed E-state index contributed by atoms with van der Waals surface area (Å²) in [7, 11) is 1.40. The van der Waals surface area contributed by atoms with E-state index in [1.165, 1.54) is 55.1 Å². The van der Waals surface area contributed by atoms with Crippen LogP contribution in [0.3, 0.4) is 0 Å². The maximum absolute atomic E-state index is 14.9. The number of pyridine rings is 1. The number of nitrogens with zero attached hydrogens (tertiary/aromatic N) is 7. The average Bonchev–Trinajstić information content (AvgIpc) is 3.46. The Morgan fingerprint density at radius 1 is 0.955 bits per heavy atom. The van der Waals surface area contributed by atoms with Crippen LogP contribution in [0.4, 0.5) is 35.1 Å². The molecule has 0 amide bonds. The van der Waals surface area contributed by atoms with Crippen molar-refractivity contribution in [2.45, 2.75) is 45.9 Å². The number of halogens is 8. The third-order valence-electron chi connectivity index (χ3n) is 6.74. The zero-order chi connectivity index (χ0) is 32.1. The summed E-state index contributed by atoms with van der Waals surface area (Å²) in [6, 6.07) is 7.48. The van der Waals surface area contributed by atoms with Gasteiger partial charge in [0.25, 0.3) is 6.43 Å². The van der Waals surface area contributed by atoms with Crippen LogP contribution in [0.15, 0.2) is 42.7 Å². The molecule has 0 aliphatic heterocycles. The first-order valence-electron chi connectivity index (χ1n) is 12.7. The second-order valence-corrected chi connectivity index (χ2v) is 9.73. The number of fused-ring (bicyclic) bond motifs is 1. The van der Waals surface area contributed by atoms with E-state index < -0.39 is 42.7 Å². The molecule has 1 aromatic carbocycles. The number of nitrogens with one attached hydrogen (secondary N) is 1. The Balaban J connectivity index is 1.64. The molecule has 232 valence electrons. The number of benzene rings is 1. The quantitative estimate of drug-likeness (QED) is 0.207. The summed E-state index contributed by atoms with van der Waals surface area (Å²) in [5, 5.41) is 8.59. The molecule has 17 heteroatoms. The van der Waals surface area contributed by atoms with E-state index >= 15 is 0 Å². The highest BCUT2D eigenvalue weighted by Crippen LogP contribution is 2.33. The van der Waals surface area contributed by atoms with Crippen LogP contribution in [0, 0.1) is 19.3 Å². The second-order valence-electron chi connectivity index (χ2n) is 9.73. The fraction of sp³-hybridized carbons (Fsp3) is 0.296. The second kappa shape index (κ2) is 11.3. The summed E-state index contributed by atoms with van der Waals surface area (Å²) >= 11 is 0. The minimum atomic E-state index is -4.64. The zero-order valence-electron chi connectivity index (χ0n) is 23.0. The third-order valence-corrected chi connectivity index (χ3v) is 6.74. The normalized spacial score (nSPS) is 12.9. The molecule has 4 aromatic heterocycles. The van der Waals surface area contributed by atoms with Crippen LogP contribution >= 0.6 is 0 Å². The number of ether oxygens (including phenoxy) is 1. The topological polar surface area (TPSA) is 99.4 Å². The maximum atomic E-state index is 14.9. The molecule has 0 spiro atoms. The van der Waals surface area contributed by atoms with Gasteiger partial charge in [-0.25, -0.2) is 33.1 Å². The van der Waals surface area contributed by atoms with Gasteiger partial charge in [0.05, 0.1) is 17.8 Å². The highest BCUT2D eigenvalue weighted by molar-refractivity contribution is 5.78. The molecule has 0 fully saturated rings. The lowest BCUT2D eigenvalue weighted by molar-refractivity contribution is -0.140. The molecule has 1 atom stereocenters. The van der Waals surface area contributed by atoms with Crippen LogP contribution in [-0.2, 0) is 19.8 Å². The van der Waals surface area contributed by atoms with Gasteiger partial charge < -0.3 is 9.30 Å². The zero-order valence-corrected chi connectivity index (χ0v) is 23.0. The number of aryl methyl sites for hydroxylation is 3. The molecule has 1 N–H and O–H groups in total. The van der Waals surface area contributed by atoms with Gasteiger partial charge in [-0.2, -0.15) is 22.0 Å². The van der Waals surface area contributed by atoms with Crippen molar-refractivity contribution in [2.75, 3.05) is 0 Å². The van der Waals surface area contributed by atoms with Crippen molar-refractivity contribution in [3.05, 3.63) is 70.9 Å². The maximum Gasteiger partial charge on any atom is 0.434 e. The standard InChI is InChI=1S/C27H22F8N8O/c1-12-8-9-37-24(44-25(31)32)17(12)21-38-13(2)18-23(40-21)42(26(36)43(18)20(30)19(28)29)10-14-4-6-15(7-5-14)22-39-16(11-41(22)3)27(33,34)35/h4-9,11,19-20,25,36H,10H2,1-3H3. The molecule has 9 nitrogen and oxygen atoms in total. The molecular formula is C27H22F8N8O. The number of hydrogen-bond donors (Lipinski definition) is 1. The number of alkyl halides is 8. The van der Waals surface area contributed by atoms with Gasteiger partial charge in [0.15, 0.2) is 17.2 Å². The lowest BCUT2D eigenvalue weighted by atomic mass is 10.1. The van der Waals surface area contributed by atoms with Gasteiger partial charge in [0.1, 0.15) is 11.3 Å². The molecule has 0 radical (unpaired) electrons. The van der Waals surface area contributed by atoms with Gasteiger partial charge in [-0.15, -0.1) is 0 Å². The lowest BCUT2D eigenvalue weighted by Gasteiger charge is -2.13. The van der Waals surface area contributed by atoms with Crippen LogP contribution in [0.25, 0.3) is 33.9 Å². The largest absolute Gasteiger partial charge is 0.434 e. The van der Waals surface area contributed by atoms with Crippen molar-refractivity contribution < 1.29 is 39.9 Å². The predicted octanol–water partition coefficient (Wildman–Crippen LogP) is 6.19. The minimum absolute atomic E-state index is 0.0214. The number of rotatable bonds is 8. The van der Waals surface area contributed by atoms with E-state index in [1.54, 1.807) is 6.92 Å². The molecule has 4 heterocycles. The Hall–Kier alpha value is -4.83. The molecule has 0 aliphatic rings. The summed E-state index contributed by atoms with van der Waals surface area (Å²) in [4.78, 5) is 16.1. The molecule has 0 bridgehead atoms. The van der Waals surface area contributed by atoms with Crippen LogP contribution in [0.5, 0.6) is 5.88 Å². The average molecular weight is 627 g/mol. The fourth-order valence-electron chi connectivity index (χ4n) is 4.76. The van der Waals surface area contributed by atoms with E-state index in [2.05, 4.69) is 24.7 Å². The molecule has 44 heavy (non-hydrogen) atoms. The van der Waals surface area contributed by atoms with E-state index in [-0.39, 0.29) is 40.6 Å². The summed E-state index contributed by atoms with van der Waals surface area (Å²) in [5.41, 5.74) is -1.03. The molecule has 0 aliphatic carbocycles. The highest BCUT2D eigenvalue weighted by atomic mass is 19.4. The third kappa shape index (κ3) is 5.60. The van der Waals surface area contributed by atoms with Gasteiger partial charge in [0, 0.05) is 25.0 Å². The lowest BCUT2D eigenvalue weighted by Crippen LogP contribution is -2.29. The Labute approximate surface area is 242 Å². The Kier molecular flexibility index (Phi) is 7.90. The molecule has 0 saturated heterocycles. The van der Waals surface area contributed by atoms with Crippen molar-refractivity contribution in [1.82, 2.24) is 33.6 Å². The van der Waals surface area contributed by atoms with Crippen LogP contribution < -0.4 is 10.4 Å². The fourth-order valence-corrected chi connectivity index (χ4v) is 4.76. The Bertz CT molecular complexity index is 1890. The number of aromatic nitrogens is 7. The van der Waals surface area contributed by atoms with Crippen molar-refractivity contribution in [3.63, 3.8) is 0 Å². The van der Waals surface area contributed by atoms with Crippen molar-refractivity contribution in [1.29, 1.82) is 5.41 Å². The molecule has 0 saturated carbocycles. The monoisotopic (exact) mass is 626 g/mol. The van der Waals surface area contributed by atoms with Crippen LogP contribution in [0.2, 0.25) is 0 Å². The van der Waals surface area contributed by atoms with E-state index in [0.717, 1.165) is 10.8 Å². The van der Waals surface area contributed by atoms with E-state index in [0.29, 0.717) is 21.3 Å². The van der Waals surface area contributed by atoms with Gasteiger partial charge in [-0.1, -0.05) is 24.3 Å². The molecule has 1 unspecified atom stereocenters. The first-order chi connectivity index (χ1) is 20.7. The molecule has 5 rings (SSSR count). The SMILES string of the molecule is Cc1ccnc(OC(F)F)c1-c1nc(C)c2c(n1)n(Cc1ccc(-c3nc(C(F)(F)F)cn3C)cc1)c(=N)n2C(F)C(F)F. The van der Waals surface area contributed by atoms with Gasteiger partial charge in [-0.3, -0.25) is 14.5 Å². The summed E-state index contributed by atoms with van der Waals surface area (Å²) in [5.74, 6) is -0.640. The van der Waals surface area contributed by atoms with Gasteiger partial charge in [0.2, 0.25) is 17.8 Å². The summed E-state index contributed by atoms with van der Waals surface area (Å²) in [6.45, 7) is -0.522. The number of imidazole rings is 2. The van der Waals surface area contributed by atoms with E-state index in [9.17, 15) is 35.1 Å². The van der Waals surface area contributed by atoms with Gasteiger partial charge in [-0.05, 0) is 31.0 Å².